The summed E-state index contributed by atoms with van der Waals surface area (Å²) in [6.45, 7) is 0. The monoisotopic (exact) mass is 394 g/mol. The first kappa shape index (κ1) is 19.0. The van der Waals surface area contributed by atoms with Gasteiger partial charge in [-0.2, -0.15) is 0 Å². The molecule has 2 nitrogen and oxygen atoms in total. The van der Waals surface area contributed by atoms with E-state index in [2.05, 4.69) is 36.4 Å². The molecule has 0 spiro atoms. The predicted molar refractivity (Wildman–Crippen MR) is 129 cm³/mol. The van der Waals surface area contributed by atoms with Gasteiger partial charge in [-0.1, -0.05) is 121 Å². The van der Waals surface area contributed by atoms with Gasteiger partial charge in [0.1, 0.15) is 7.85 Å². The van der Waals surface area contributed by atoms with Crippen molar-refractivity contribution >= 4 is 13.3 Å². The summed E-state index contributed by atoms with van der Waals surface area (Å²) in [6, 6.07) is 38.4. The molecule has 0 aliphatic rings. The average molecular weight is 394 g/mol. The number of benzene rings is 4. The van der Waals surface area contributed by atoms with Crippen molar-refractivity contribution in [3.05, 3.63) is 115 Å². The molecule has 1 heterocycles. The minimum atomic E-state index is 0.701. The lowest BCUT2D eigenvalue weighted by atomic mass is 9.92. The standard InChI is InChI=1S/C28H19BN2/c29-24-18-10-17-23(19-24)28-27(22-15-8-3-9-16-22)30-25(20-11-4-1-5-12-20)26(31-28)21-13-6-2-7-14-21/h1-19H. The molecule has 0 saturated carbocycles. The Bertz CT molecular complexity index is 1320. The summed E-state index contributed by atoms with van der Waals surface area (Å²) < 4.78 is 0. The Labute approximate surface area is 183 Å². The SMILES string of the molecule is [B]c1cccc(-c2nc(-c3ccccc3)c(-c3ccccc3)nc2-c2ccccc2)c1. The van der Waals surface area contributed by atoms with Crippen LogP contribution < -0.4 is 5.46 Å². The van der Waals surface area contributed by atoms with Crippen LogP contribution in [0.4, 0.5) is 0 Å². The number of hydrogen-bond acceptors (Lipinski definition) is 2. The second kappa shape index (κ2) is 8.41. The van der Waals surface area contributed by atoms with Crippen LogP contribution in [-0.2, 0) is 0 Å². The maximum Gasteiger partial charge on any atom is 0.113 e. The van der Waals surface area contributed by atoms with E-state index in [4.69, 9.17) is 17.8 Å². The van der Waals surface area contributed by atoms with Gasteiger partial charge >= 0.3 is 0 Å². The van der Waals surface area contributed by atoms with Crippen LogP contribution in [0.15, 0.2) is 115 Å². The van der Waals surface area contributed by atoms with Crippen molar-refractivity contribution in [1.82, 2.24) is 9.97 Å². The average Bonchev–Trinajstić information content (AvgIpc) is 2.85. The van der Waals surface area contributed by atoms with E-state index in [1.807, 2.05) is 78.9 Å². The molecule has 0 amide bonds. The molecule has 0 fully saturated rings. The summed E-state index contributed by atoms with van der Waals surface area (Å²) in [6.07, 6.45) is 0. The quantitative estimate of drug-likeness (QED) is 0.353. The predicted octanol–water partition coefficient (Wildman–Crippen LogP) is 5.94. The van der Waals surface area contributed by atoms with Gasteiger partial charge < -0.3 is 0 Å². The normalized spacial score (nSPS) is 10.7. The van der Waals surface area contributed by atoms with Gasteiger partial charge in [-0.05, 0) is 0 Å². The van der Waals surface area contributed by atoms with Gasteiger partial charge in [0.15, 0.2) is 0 Å². The Balaban J connectivity index is 1.85. The highest BCUT2D eigenvalue weighted by Crippen LogP contribution is 2.36. The first-order valence-electron chi connectivity index (χ1n) is 10.2. The number of nitrogens with zero attached hydrogens (tertiary/aromatic N) is 2. The summed E-state index contributed by atoms with van der Waals surface area (Å²) in [5.74, 6) is 0. The third-order valence-corrected chi connectivity index (χ3v) is 5.20. The molecule has 0 bridgehead atoms. The molecule has 2 radical (unpaired) electrons. The van der Waals surface area contributed by atoms with E-state index in [0.29, 0.717) is 5.46 Å². The van der Waals surface area contributed by atoms with Crippen LogP contribution in [0.3, 0.4) is 0 Å². The Hall–Kier alpha value is -3.98. The first-order chi connectivity index (χ1) is 15.3. The van der Waals surface area contributed by atoms with E-state index < -0.39 is 0 Å². The topological polar surface area (TPSA) is 25.8 Å². The molecule has 31 heavy (non-hydrogen) atoms. The Kier molecular flexibility index (Phi) is 5.16. The lowest BCUT2D eigenvalue weighted by Crippen LogP contribution is -2.04. The van der Waals surface area contributed by atoms with Gasteiger partial charge in [0.25, 0.3) is 0 Å². The number of rotatable bonds is 4. The minimum Gasteiger partial charge on any atom is -0.243 e. The van der Waals surface area contributed by atoms with E-state index >= 15 is 0 Å². The van der Waals surface area contributed by atoms with Crippen molar-refractivity contribution in [3.8, 4) is 45.0 Å². The van der Waals surface area contributed by atoms with Crippen molar-refractivity contribution in [2.45, 2.75) is 0 Å². The Morgan fingerprint density at radius 1 is 0.387 bits per heavy atom. The Morgan fingerprint density at radius 2 is 0.742 bits per heavy atom. The van der Waals surface area contributed by atoms with E-state index in [1.165, 1.54) is 0 Å². The van der Waals surface area contributed by atoms with Crippen LogP contribution in [0.2, 0.25) is 0 Å². The molecule has 5 rings (SSSR count). The van der Waals surface area contributed by atoms with Gasteiger partial charge in [0, 0.05) is 22.3 Å². The molecule has 0 saturated heterocycles. The third kappa shape index (κ3) is 3.90. The van der Waals surface area contributed by atoms with Gasteiger partial charge in [-0.3, -0.25) is 0 Å². The molecule has 1 aromatic heterocycles. The maximum absolute atomic E-state index is 6.11. The van der Waals surface area contributed by atoms with Gasteiger partial charge in [-0.25, -0.2) is 9.97 Å². The van der Waals surface area contributed by atoms with Crippen molar-refractivity contribution in [2.24, 2.45) is 0 Å². The van der Waals surface area contributed by atoms with Gasteiger partial charge in [0.05, 0.1) is 22.8 Å². The molecule has 0 unspecified atom stereocenters. The Morgan fingerprint density at radius 3 is 1.13 bits per heavy atom. The summed E-state index contributed by atoms with van der Waals surface area (Å²) in [4.78, 5) is 10.4. The van der Waals surface area contributed by atoms with Crippen molar-refractivity contribution < 1.29 is 0 Å². The van der Waals surface area contributed by atoms with E-state index in [1.54, 1.807) is 0 Å². The summed E-state index contributed by atoms with van der Waals surface area (Å²) in [7, 11) is 6.11. The molecule has 0 aliphatic heterocycles. The van der Waals surface area contributed by atoms with Gasteiger partial charge in [0.2, 0.25) is 0 Å². The second-order valence-corrected chi connectivity index (χ2v) is 7.34. The third-order valence-electron chi connectivity index (χ3n) is 5.20. The van der Waals surface area contributed by atoms with Crippen LogP contribution in [0.1, 0.15) is 0 Å². The zero-order valence-electron chi connectivity index (χ0n) is 16.9. The molecular formula is C28H19BN2. The van der Waals surface area contributed by atoms with E-state index in [0.717, 1.165) is 45.0 Å². The zero-order valence-corrected chi connectivity index (χ0v) is 16.9. The first-order valence-corrected chi connectivity index (χ1v) is 10.2. The van der Waals surface area contributed by atoms with Crippen molar-refractivity contribution in [3.63, 3.8) is 0 Å². The molecule has 144 valence electrons. The highest BCUT2D eigenvalue weighted by Gasteiger charge is 2.19. The molecule has 0 N–H and O–H groups in total. The molecule has 0 aliphatic carbocycles. The lowest BCUT2D eigenvalue weighted by Gasteiger charge is -2.16. The maximum atomic E-state index is 6.11. The minimum absolute atomic E-state index is 0.701. The second-order valence-electron chi connectivity index (χ2n) is 7.34. The highest BCUT2D eigenvalue weighted by atomic mass is 14.9. The molecule has 3 heteroatoms. The van der Waals surface area contributed by atoms with Crippen LogP contribution in [0.25, 0.3) is 45.0 Å². The fourth-order valence-electron chi connectivity index (χ4n) is 3.71. The lowest BCUT2D eigenvalue weighted by molar-refractivity contribution is 1.22. The van der Waals surface area contributed by atoms with Crippen LogP contribution in [0.5, 0.6) is 0 Å². The van der Waals surface area contributed by atoms with E-state index in [9.17, 15) is 0 Å². The zero-order chi connectivity index (χ0) is 21.0. The van der Waals surface area contributed by atoms with Crippen LogP contribution >= 0.6 is 0 Å². The van der Waals surface area contributed by atoms with Crippen molar-refractivity contribution in [2.75, 3.05) is 0 Å². The fraction of sp³-hybridized carbons (Fsp3) is 0. The summed E-state index contributed by atoms with van der Waals surface area (Å²) in [5.41, 5.74) is 8.09. The highest BCUT2D eigenvalue weighted by molar-refractivity contribution is 6.32. The summed E-state index contributed by atoms with van der Waals surface area (Å²) in [5, 5.41) is 0. The smallest absolute Gasteiger partial charge is 0.113 e. The van der Waals surface area contributed by atoms with E-state index in [-0.39, 0.29) is 0 Å². The molecule has 5 aromatic rings. The number of aromatic nitrogens is 2. The summed E-state index contributed by atoms with van der Waals surface area (Å²) >= 11 is 0. The molecule has 4 aromatic carbocycles. The molecule has 0 atom stereocenters. The largest absolute Gasteiger partial charge is 0.243 e. The molecular weight excluding hydrogens is 375 g/mol. The number of hydrogen-bond donors (Lipinski definition) is 0. The van der Waals surface area contributed by atoms with Gasteiger partial charge in [-0.15, -0.1) is 0 Å². The van der Waals surface area contributed by atoms with Crippen LogP contribution in [-0.4, -0.2) is 17.8 Å². The van der Waals surface area contributed by atoms with Crippen LogP contribution in [0, 0.1) is 0 Å². The fourth-order valence-corrected chi connectivity index (χ4v) is 3.71. The van der Waals surface area contributed by atoms with Crippen molar-refractivity contribution in [1.29, 1.82) is 0 Å².